The number of hydrogen-bond donors (Lipinski definition) is 1. The van der Waals surface area contributed by atoms with Crippen LogP contribution in [0.5, 0.6) is 0 Å². The lowest BCUT2D eigenvalue weighted by atomic mass is 9.77. The first-order valence-electron chi connectivity index (χ1n) is 6.63. The van der Waals surface area contributed by atoms with E-state index in [2.05, 4.69) is 31.8 Å². The number of aryl methyl sites for hydroxylation is 1. The van der Waals surface area contributed by atoms with E-state index in [4.69, 9.17) is 10.7 Å². The molecular weight excluding hydrogens is 254 g/mol. The summed E-state index contributed by atoms with van der Waals surface area (Å²) in [6.07, 6.45) is 3.87. The molecule has 100 valence electrons. The minimum Gasteiger partial charge on any atom is -0.323 e. The van der Waals surface area contributed by atoms with Crippen LogP contribution >= 0.6 is 11.3 Å². The Morgan fingerprint density at radius 3 is 2.95 bits per heavy atom. The molecule has 1 aliphatic rings. The molecule has 2 aromatic rings. The number of nitrogens with two attached hydrogens (primary N) is 1. The molecule has 0 spiro atoms. The molecule has 2 aromatic heterocycles. The maximum atomic E-state index is 6.30. The lowest BCUT2D eigenvalue weighted by Crippen LogP contribution is -2.28. The summed E-state index contributed by atoms with van der Waals surface area (Å²) in [7, 11) is 0. The third-order valence-electron chi connectivity index (χ3n) is 3.69. The lowest BCUT2D eigenvalue weighted by molar-refractivity contribution is 0.282. The van der Waals surface area contributed by atoms with E-state index in [1.54, 1.807) is 11.3 Å². The van der Waals surface area contributed by atoms with Gasteiger partial charge in [-0.3, -0.25) is 4.98 Å². The third-order valence-corrected chi connectivity index (χ3v) is 4.93. The van der Waals surface area contributed by atoms with E-state index in [1.165, 1.54) is 16.1 Å². The Bertz CT molecular complexity index is 616. The summed E-state index contributed by atoms with van der Waals surface area (Å²) < 4.78 is 0. The molecule has 1 unspecified atom stereocenters. The highest BCUT2D eigenvalue weighted by Gasteiger charge is 2.33. The summed E-state index contributed by atoms with van der Waals surface area (Å²) in [6, 6.07) is 4.15. The molecule has 4 heteroatoms. The van der Waals surface area contributed by atoms with Gasteiger partial charge in [0.1, 0.15) is 10.7 Å². The molecule has 0 radical (unpaired) electrons. The molecule has 0 fully saturated rings. The molecule has 0 aliphatic heterocycles. The van der Waals surface area contributed by atoms with Crippen molar-refractivity contribution in [2.45, 2.75) is 39.7 Å². The van der Waals surface area contributed by atoms with Gasteiger partial charge < -0.3 is 5.73 Å². The van der Waals surface area contributed by atoms with Gasteiger partial charge in [-0.05, 0) is 36.8 Å². The molecule has 0 bridgehead atoms. The van der Waals surface area contributed by atoms with Crippen molar-refractivity contribution in [1.29, 1.82) is 0 Å². The van der Waals surface area contributed by atoms with Gasteiger partial charge in [0.2, 0.25) is 0 Å². The van der Waals surface area contributed by atoms with E-state index >= 15 is 0 Å². The smallest absolute Gasteiger partial charge is 0.142 e. The van der Waals surface area contributed by atoms with Gasteiger partial charge >= 0.3 is 0 Å². The summed E-state index contributed by atoms with van der Waals surface area (Å²) in [6.45, 7) is 6.61. The predicted molar refractivity (Wildman–Crippen MR) is 79.1 cm³/mol. The van der Waals surface area contributed by atoms with E-state index in [0.717, 1.165) is 23.5 Å². The molecule has 0 saturated carbocycles. The molecule has 0 saturated heterocycles. The molecule has 1 aliphatic carbocycles. The van der Waals surface area contributed by atoms with Gasteiger partial charge in [-0.15, -0.1) is 11.3 Å². The molecular formula is C15H19N3S. The maximum Gasteiger partial charge on any atom is 0.142 e. The topological polar surface area (TPSA) is 51.8 Å². The van der Waals surface area contributed by atoms with Gasteiger partial charge in [-0.2, -0.15) is 0 Å². The Labute approximate surface area is 117 Å². The van der Waals surface area contributed by atoms with Crippen LogP contribution in [0.2, 0.25) is 0 Å². The average molecular weight is 273 g/mol. The maximum absolute atomic E-state index is 6.30. The zero-order chi connectivity index (χ0) is 13.6. The lowest BCUT2D eigenvalue weighted by Gasteiger charge is -2.32. The highest BCUT2D eigenvalue weighted by atomic mass is 32.1. The molecule has 19 heavy (non-hydrogen) atoms. The first-order chi connectivity index (χ1) is 8.96. The van der Waals surface area contributed by atoms with Crippen molar-refractivity contribution in [2.24, 2.45) is 11.1 Å². The second-order valence-corrected chi connectivity index (χ2v) is 7.18. The fourth-order valence-corrected chi connectivity index (χ4v) is 3.95. The molecule has 2 N–H and O–H groups in total. The minimum atomic E-state index is 0.119. The Hall–Kier alpha value is -1.26. The Kier molecular flexibility index (Phi) is 2.95. The number of pyridine rings is 1. The number of rotatable bonds is 1. The van der Waals surface area contributed by atoms with Crippen LogP contribution in [0, 0.1) is 12.3 Å². The molecule has 0 amide bonds. The van der Waals surface area contributed by atoms with Crippen molar-refractivity contribution < 1.29 is 0 Å². The fourth-order valence-electron chi connectivity index (χ4n) is 2.80. The van der Waals surface area contributed by atoms with Crippen molar-refractivity contribution >= 4 is 11.3 Å². The van der Waals surface area contributed by atoms with E-state index in [1.807, 2.05) is 12.3 Å². The van der Waals surface area contributed by atoms with E-state index < -0.39 is 0 Å². The van der Waals surface area contributed by atoms with Gasteiger partial charge in [0, 0.05) is 17.1 Å². The predicted octanol–water partition coefficient (Wildman–Crippen LogP) is 3.49. The standard InChI is InChI=1S/C15H19N3S/c1-9-5-4-6-17-12(9)14-18-11-8-15(2,3)7-10(16)13(11)19-14/h4-6,10H,7-8,16H2,1-3H3. The van der Waals surface area contributed by atoms with Crippen LogP contribution in [0.15, 0.2) is 18.3 Å². The van der Waals surface area contributed by atoms with Crippen LogP contribution in [-0.4, -0.2) is 9.97 Å². The summed E-state index contributed by atoms with van der Waals surface area (Å²) in [5.74, 6) is 0. The molecule has 3 nitrogen and oxygen atoms in total. The van der Waals surface area contributed by atoms with Crippen molar-refractivity contribution in [3.8, 4) is 10.7 Å². The van der Waals surface area contributed by atoms with Gasteiger partial charge in [0.05, 0.1) is 5.69 Å². The van der Waals surface area contributed by atoms with E-state index in [0.29, 0.717) is 0 Å². The van der Waals surface area contributed by atoms with Crippen LogP contribution in [0.25, 0.3) is 10.7 Å². The van der Waals surface area contributed by atoms with Crippen molar-refractivity contribution in [2.75, 3.05) is 0 Å². The highest BCUT2D eigenvalue weighted by molar-refractivity contribution is 7.15. The Morgan fingerprint density at radius 1 is 1.42 bits per heavy atom. The summed E-state index contributed by atoms with van der Waals surface area (Å²) in [4.78, 5) is 10.5. The highest BCUT2D eigenvalue weighted by Crippen LogP contribution is 2.43. The van der Waals surface area contributed by atoms with Crippen molar-refractivity contribution in [3.05, 3.63) is 34.5 Å². The Balaban J connectivity index is 2.07. The van der Waals surface area contributed by atoms with Gasteiger partial charge in [-0.1, -0.05) is 19.9 Å². The normalized spacial score (nSPS) is 21.2. The van der Waals surface area contributed by atoms with E-state index in [9.17, 15) is 0 Å². The zero-order valence-electron chi connectivity index (χ0n) is 11.6. The van der Waals surface area contributed by atoms with Crippen molar-refractivity contribution in [3.63, 3.8) is 0 Å². The number of nitrogens with zero attached hydrogens (tertiary/aromatic N) is 2. The van der Waals surface area contributed by atoms with Crippen LogP contribution < -0.4 is 5.73 Å². The molecule has 2 heterocycles. The SMILES string of the molecule is Cc1cccnc1-c1nc2c(s1)C(N)CC(C)(C)C2. The van der Waals surface area contributed by atoms with Crippen LogP contribution in [0.1, 0.15) is 42.4 Å². The number of hydrogen-bond acceptors (Lipinski definition) is 4. The minimum absolute atomic E-state index is 0.119. The third kappa shape index (κ3) is 2.30. The second-order valence-electron chi connectivity index (χ2n) is 6.15. The zero-order valence-corrected chi connectivity index (χ0v) is 12.4. The molecule has 3 rings (SSSR count). The summed E-state index contributed by atoms with van der Waals surface area (Å²) in [5, 5.41) is 1.01. The quantitative estimate of drug-likeness (QED) is 0.865. The number of thiazole rings is 1. The number of aromatic nitrogens is 2. The van der Waals surface area contributed by atoms with E-state index in [-0.39, 0.29) is 11.5 Å². The fraction of sp³-hybridized carbons (Fsp3) is 0.467. The average Bonchev–Trinajstić information content (AvgIpc) is 2.71. The number of fused-ring (bicyclic) bond motifs is 1. The molecule has 1 atom stereocenters. The van der Waals surface area contributed by atoms with Gasteiger partial charge in [0.15, 0.2) is 0 Å². The summed E-state index contributed by atoms with van der Waals surface area (Å²) in [5.41, 5.74) is 9.88. The van der Waals surface area contributed by atoms with Gasteiger partial charge in [0.25, 0.3) is 0 Å². The Morgan fingerprint density at radius 2 is 2.21 bits per heavy atom. The first-order valence-corrected chi connectivity index (χ1v) is 7.45. The van der Waals surface area contributed by atoms with Crippen LogP contribution in [-0.2, 0) is 6.42 Å². The first kappa shape index (κ1) is 12.8. The molecule has 0 aromatic carbocycles. The largest absolute Gasteiger partial charge is 0.323 e. The second kappa shape index (κ2) is 4.39. The monoisotopic (exact) mass is 273 g/mol. The van der Waals surface area contributed by atoms with Crippen LogP contribution in [0.4, 0.5) is 0 Å². The van der Waals surface area contributed by atoms with Crippen LogP contribution in [0.3, 0.4) is 0 Å². The van der Waals surface area contributed by atoms with Crippen molar-refractivity contribution in [1.82, 2.24) is 9.97 Å². The van der Waals surface area contributed by atoms with Gasteiger partial charge in [-0.25, -0.2) is 4.98 Å². The summed E-state index contributed by atoms with van der Waals surface area (Å²) >= 11 is 1.71.